The third-order valence-electron chi connectivity index (χ3n) is 10.7. The molecule has 0 radical (unpaired) electrons. The number of nitrogens with one attached hydrogen (secondary N) is 1. The third kappa shape index (κ3) is 42.6. The number of phosphoric acid groups is 1. The summed E-state index contributed by atoms with van der Waals surface area (Å²) in [5.41, 5.74) is 5.38. The highest BCUT2D eigenvalue weighted by atomic mass is 31.2. The molecule has 0 fully saturated rings. The number of carbonyl (C=O) groups excluding carboxylic acids is 1. The monoisotopic (exact) mass is 825 g/mol. The first-order valence-corrected chi connectivity index (χ1v) is 25.6. The van der Waals surface area contributed by atoms with E-state index >= 15 is 0 Å². The molecule has 0 bridgehead atoms. The zero-order valence-electron chi connectivity index (χ0n) is 37.3. The van der Waals surface area contributed by atoms with Crippen LogP contribution in [-0.4, -0.2) is 47.8 Å². The largest absolute Gasteiger partial charge is 0.472 e. The Kier molecular flexibility index (Phi) is 43.3. The number of amides is 1. The molecule has 0 spiro atoms. The molecule has 0 aromatic heterocycles. The standard InChI is InChI=1S/C48H93N2O6P/c1-3-5-7-9-11-13-15-17-19-21-22-23-24-26-27-29-31-33-35-37-39-41-47(51)46(45-56-57(53,54)55-44-43-49)50-48(52)42-40-38-36-34-32-30-28-25-20-18-16-14-12-10-8-6-4-2/h24,26,31,33,39,41,46-47,51H,3-23,25,27-30,32,34-38,40,42-45,49H2,1-2H3,(H,50,52)(H,53,54)/b26-24+,33-31+,41-39+. The predicted molar refractivity (Wildman–Crippen MR) is 244 cm³/mol. The lowest BCUT2D eigenvalue weighted by atomic mass is 10.0. The molecule has 9 heteroatoms. The van der Waals surface area contributed by atoms with Crippen LogP contribution in [0.25, 0.3) is 0 Å². The van der Waals surface area contributed by atoms with E-state index in [1.165, 1.54) is 167 Å². The van der Waals surface area contributed by atoms with Gasteiger partial charge in [0, 0.05) is 13.0 Å². The summed E-state index contributed by atoms with van der Waals surface area (Å²) < 4.78 is 22.2. The maximum absolute atomic E-state index is 12.8. The van der Waals surface area contributed by atoms with Gasteiger partial charge < -0.3 is 21.1 Å². The van der Waals surface area contributed by atoms with Crippen molar-refractivity contribution in [1.82, 2.24) is 5.32 Å². The minimum absolute atomic E-state index is 0.0728. The van der Waals surface area contributed by atoms with Gasteiger partial charge in [0.2, 0.25) is 5.91 Å². The molecule has 336 valence electrons. The SMILES string of the molecule is CCCCCCCCCCCCC/C=C/CC/C=C/CC/C=C/C(O)C(COP(=O)(O)OCCN)NC(=O)CCCCCCCCCCCCCCCCCCC. The molecule has 3 unspecified atom stereocenters. The number of rotatable bonds is 45. The summed E-state index contributed by atoms with van der Waals surface area (Å²) in [5.74, 6) is -0.205. The topological polar surface area (TPSA) is 131 Å². The molecule has 0 saturated heterocycles. The average molecular weight is 825 g/mol. The lowest BCUT2D eigenvalue weighted by Gasteiger charge is -2.23. The number of allylic oxidation sites excluding steroid dienone is 5. The van der Waals surface area contributed by atoms with Crippen LogP contribution in [0.15, 0.2) is 36.5 Å². The van der Waals surface area contributed by atoms with Crippen molar-refractivity contribution in [3.05, 3.63) is 36.5 Å². The van der Waals surface area contributed by atoms with Gasteiger partial charge in [-0.15, -0.1) is 0 Å². The van der Waals surface area contributed by atoms with E-state index < -0.39 is 20.0 Å². The first kappa shape index (κ1) is 55.7. The van der Waals surface area contributed by atoms with Crippen molar-refractivity contribution in [2.45, 2.75) is 244 Å². The van der Waals surface area contributed by atoms with E-state index in [2.05, 4.69) is 43.5 Å². The fourth-order valence-electron chi connectivity index (χ4n) is 7.05. The number of carbonyl (C=O) groups is 1. The summed E-state index contributed by atoms with van der Waals surface area (Å²) >= 11 is 0. The molecular weight excluding hydrogens is 732 g/mol. The van der Waals surface area contributed by atoms with Crippen LogP contribution in [0.5, 0.6) is 0 Å². The Morgan fingerprint density at radius 1 is 0.561 bits per heavy atom. The van der Waals surface area contributed by atoms with Gasteiger partial charge in [-0.1, -0.05) is 217 Å². The number of aliphatic hydroxyl groups excluding tert-OH is 1. The smallest absolute Gasteiger partial charge is 0.387 e. The minimum atomic E-state index is -4.35. The molecule has 0 saturated carbocycles. The van der Waals surface area contributed by atoms with Gasteiger partial charge in [0.25, 0.3) is 0 Å². The molecule has 0 aliphatic carbocycles. The van der Waals surface area contributed by atoms with E-state index in [0.717, 1.165) is 44.9 Å². The van der Waals surface area contributed by atoms with Crippen LogP contribution in [0.4, 0.5) is 0 Å². The molecule has 1 amide bonds. The van der Waals surface area contributed by atoms with E-state index in [9.17, 15) is 19.4 Å². The van der Waals surface area contributed by atoms with Gasteiger partial charge in [-0.2, -0.15) is 0 Å². The van der Waals surface area contributed by atoms with Gasteiger partial charge in [0.15, 0.2) is 0 Å². The maximum Gasteiger partial charge on any atom is 0.472 e. The molecule has 8 nitrogen and oxygen atoms in total. The quantitative estimate of drug-likeness (QED) is 0.0273. The number of phosphoric ester groups is 1. The first-order chi connectivity index (χ1) is 27.9. The predicted octanol–water partition coefficient (Wildman–Crippen LogP) is 13.9. The zero-order chi connectivity index (χ0) is 41.8. The van der Waals surface area contributed by atoms with Crippen LogP contribution in [0.2, 0.25) is 0 Å². The highest BCUT2D eigenvalue weighted by Gasteiger charge is 2.26. The molecule has 0 aliphatic rings. The van der Waals surface area contributed by atoms with E-state index in [1.54, 1.807) is 6.08 Å². The van der Waals surface area contributed by atoms with Crippen LogP contribution in [0.1, 0.15) is 232 Å². The Morgan fingerprint density at radius 3 is 1.35 bits per heavy atom. The Labute approximate surface area is 352 Å². The molecule has 0 aliphatic heterocycles. The lowest BCUT2D eigenvalue weighted by Crippen LogP contribution is -2.45. The average Bonchev–Trinajstić information content (AvgIpc) is 3.20. The fraction of sp³-hybridized carbons (Fsp3) is 0.854. The maximum atomic E-state index is 12.8. The van der Waals surface area contributed by atoms with Gasteiger partial charge in [-0.25, -0.2) is 4.57 Å². The highest BCUT2D eigenvalue weighted by molar-refractivity contribution is 7.47. The fourth-order valence-corrected chi connectivity index (χ4v) is 7.81. The van der Waals surface area contributed by atoms with Gasteiger partial charge in [0.1, 0.15) is 0 Å². The molecule has 0 rings (SSSR count). The van der Waals surface area contributed by atoms with E-state index in [1.807, 2.05) is 6.08 Å². The Hall–Kier alpha value is -1.28. The third-order valence-corrected chi connectivity index (χ3v) is 11.7. The second-order valence-corrected chi connectivity index (χ2v) is 17.8. The molecule has 0 aromatic carbocycles. The van der Waals surface area contributed by atoms with Crippen molar-refractivity contribution in [2.75, 3.05) is 19.8 Å². The number of nitrogens with two attached hydrogens (primary N) is 1. The summed E-state index contributed by atoms with van der Waals surface area (Å²) in [6.45, 7) is 4.13. The van der Waals surface area contributed by atoms with E-state index in [-0.39, 0.29) is 25.7 Å². The number of aliphatic hydroxyl groups is 1. The number of hydrogen-bond donors (Lipinski definition) is 4. The van der Waals surface area contributed by atoms with E-state index in [0.29, 0.717) is 6.42 Å². The van der Waals surface area contributed by atoms with Crippen molar-refractivity contribution < 1.29 is 28.4 Å². The van der Waals surface area contributed by atoms with Gasteiger partial charge in [-0.05, 0) is 44.9 Å². The van der Waals surface area contributed by atoms with Gasteiger partial charge in [0.05, 0.1) is 25.4 Å². The number of hydrogen-bond acceptors (Lipinski definition) is 6. The Morgan fingerprint density at radius 2 is 0.930 bits per heavy atom. The van der Waals surface area contributed by atoms with Crippen LogP contribution in [-0.2, 0) is 18.4 Å². The Balaban J connectivity index is 4.21. The van der Waals surface area contributed by atoms with Gasteiger partial charge >= 0.3 is 7.82 Å². The molecule has 0 aromatic rings. The minimum Gasteiger partial charge on any atom is -0.387 e. The molecular formula is C48H93N2O6P. The molecule has 5 N–H and O–H groups in total. The Bertz CT molecular complexity index is 990. The summed E-state index contributed by atoms with van der Waals surface area (Å²) in [4.78, 5) is 22.7. The molecule has 3 atom stereocenters. The summed E-state index contributed by atoms with van der Waals surface area (Å²) in [5, 5.41) is 13.7. The lowest BCUT2D eigenvalue weighted by molar-refractivity contribution is -0.123. The second-order valence-electron chi connectivity index (χ2n) is 16.3. The molecule has 57 heavy (non-hydrogen) atoms. The van der Waals surface area contributed by atoms with Crippen LogP contribution < -0.4 is 11.1 Å². The summed E-state index contributed by atoms with van der Waals surface area (Å²) in [6, 6.07) is -0.881. The first-order valence-electron chi connectivity index (χ1n) is 24.1. The van der Waals surface area contributed by atoms with Gasteiger partial charge in [-0.3, -0.25) is 13.8 Å². The zero-order valence-corrected chi connectivity index (χ0v) is 38.2. The second kappa shape index (κ2) is 44.3. The summed E-state index contributed by atoms with van der Waals surface area (Å²) in [6.07, 6.45) is 53.5. The highest BCUT2D eigenvalue weighted by Crippen LogP contribution is 2.43. The van der Waals surface area contributed by atoms with Crippen LogP contribution in [0.3, 0.4) is 0 Å². The normalized spacial score (nSPS) is 14.3. The number of unbranched alkanes of at least 4 members (excludes halogenated alkanes) is 29. The van der Waals surface area contributed by atoms with Crippen molar-refractivity contribution in [2.24, 2.45) is 5.73 Å². The van der Waals surface area contributed by atoms with Crippen molar-refractivity contribution in [3.63, 3.8) is 0 Å². The van der Waals surface area contributed by atoms with Crippen molar-refractivity contribution in [3.8, 4) is 0 Å². The van der Waals surface area contributed by atoms with Crippen molar-refractivity contribution >= 4 is 13.7 Å². The van der Waals surface area contributed by atoms with Crippen LogP contribution >= 0.6 is 7.82 Å². The summed E-state index contributed by atoms with van der Waals surface area (Å²) in [7, 11) is -4.35. The van der Waals surface area contributed by atoms with Crippen molar-refractivity contribution in [1.29, 1.82) is 0 Å². The molecule has 0 heterocycles. The van der Waals surface area contributed by atoms with Crippen LogP contribution in [0, 0.1) is 0 Å². The van der Waals surface area contributed by atoms with E-state index in [4.69, 9.17) is 14.8 Å².